The van der Waals surface area contributed by atoms with E-state index >= 15 is 0 Å². The van der Waals surface area contributed by atoms with E-state index in [9.17, 15) is 14.4 Å². The van der Waals surface area contributed by atoms with Gasteiger partial charge in [-0.25, -0.2) is 9.59 Å². The second-order valence-electron chi connectivity index (χ2n) is 14.2. The largest absolute Gasteiger partial charge is 0.456 e. The van der Waals surface area contributed by atoms with Crippen LogP contribution in [0.4, 0.5) is 4.79 Å². The summed E-state index contributed by atoms with van der Waals surface area (Å²) in [5.74, 6) is -0.463. The molecule has 5 fully saturated rings. The van der Waals surface area contributed by atoms with Crippen LogP contribution in [0, 0.1) is 5.41 Å². The van der Waals surface area contributed by atoms with Crippen LogP contribution in [0.5, 0.6) is 0 Å². The number of ketones is 1. The number of aromatic nitrogens is 1. The molecule has 2 aromatic rings. The molecule has 3 heterocycles. The molecule has 0 spiro atoms. The monoisotopic (exact) mass is 577 g/mol. The number of Topliss-reactive ketones (excluding diaryl/α,β-unsaturated/α-hetero) is 1. The molecule has 1 N–H and O–H groups in total. The van der Waals surface area contributed by atoms with Gasteiger partial charge in [0, 0.05) is 29.2 Å². The van der Waals surface area contributed by atoms with Gasteiger partial charge in [0.1, 0.15) is 11.6 Å². The molecule has 1 aromatic heterocycles. The normalized spacial score (nSPS) is 29.8. The highest BCUT2D eigenvalue weighted by Gasteiger charge is 2.53. The molecule has 2 aliphatic heterocycles. The summed E-state index contributed by atoms with van der Waals surface area (Å²) >= 11 is 0. The van der Waals surface area contributed by atoms with E-state index < -0.39 is 29.1 Å². The molecular formula is C34H47N3O5. The van der Waals surface area contributed by atoms with Gasteiger partial charge in [-0.1, -0.05) is 19.1 Å². The third-order valence-corrected chi connectivity index (χ3v) is 10.7. The van der Waals surface area contributed by atoms with Crippen molar-refractivity contribution in [3.8, 4) is 0 Å². The number of fused-ring (bicyclic) bond motifs is 4. The van der Waals surface area contributed by atoms with Crippen LogP contribution < -0.4 is 0 Å². The number of likely N-dealkylation sites (tertiary alicyclic amines) is 2. The first-order valence-electron chi connectivity index (χ1n) is 16.1. The van der Waals surface area contributed by atoms with Crippen molar-refractivity contribution < 1.29 is 23.9 Å². The molecule has 0 radical (unpaired) electrons. The van der Waals surface area contributed by atoms with Crippen LogP contribution in [0.3, 0.4) is 0 Å². The number of benzene rings is 1. The minimum absolute atomic E-state index is 0.0347. The number of carbonyl (C=O) groups excluding carboxylic acids is 3. The van der Waals surface area contributed by atoms with Gasteiger partial charge in [-0.15, -0.1) is 0 Å². The molecular weight excluding hydrogens is 530 g/mol. The first-order chi connectivity index (χ1) is 20.0. The van der Waals surface area contributed by atoms with Crippen molar-refractivity contribution >= 4 is 28.7 Å². The predicted octanol–water partition coefficient (Wildman–Crippen LogP) is 6.43. The molecule has 2 unspecified atom stereocenters. The standard InChI is InChI=1S/C34H47N3O5/c1-5-36-18-6-8-27(36)26-20-23-10-11-24(21-25(23)35-26)33-12-15-34(16-13-33,17-14-33)29(38)22-41-30(39)28-9-7-19-37(28)31(40)42-32(2,3)4/h10-11,20-21,27-28,35H,5-9,12-19,22H2,1-4H3. The molecule has 3 saturated carbocycles. The fourth-order valence-corrected chi connectivity index (χ4v) is 8.19. The smallest absolute Gasteiger partial charge is 0.411 e. The van der Waals surface area contributed by atoms with Gasteiger partial charge in [-0.3, -0.25) is 14.6 Å². The van der Waals surface area contributed by atoms with Gasteiger partial charge in [-0.05, 0) is 127 Å². The number of carbonyl (C=O) groups is 3. The van der Waals surface area contributed by atoms with Crippen molar-refractivity contribution in [1.82, 2.24) is 14.8 Å². The van der Waals surface area contributed by atoms with Crippen LogP contribution in [0.15, 0.2) is 24.3 Å². The summed E-state index contributed by atoms with van der Waals surface area (Å²) in [6.45, 7) is 10.2. The van der Waals surface area contributed by atoms with Gasteiger partial charge in [0.25, 0.3) is 0 Å². The number of nitrogens with one attached hydrogen (secondary N) is 1. The van der Waals surface area contributed by atoms with Gasteiger partial charge >= 0.3 is 12.1 Å². The third kappa shape index (κ3) is 5.36. The third-order valence-electron chi connectivity index (χ3n) is 10.7. The molecule has 228 valence electrons. The Kier molecular flexibility index (Phi) is 7.65. The van der Waals surface area contributed by atoms with Gasteiger partial charge in [0.05, 0.1) is 0 Å². The predicted molar refractivity (Wildman–Crippen MR) is 161 cm³/mol. The highest BCUT2D eigenvalue weighted by atomic mass is 16.6. The lowest BCUT2D eigenvalue weighted by atomic mass is 9.51. The maximum Gasteiger partial charge on any atom is 0.411 e. The second-order valence-corrected chi connectivity index (χ2v) is 14.2. The summed E-state index contributed by atoms with van der Waals surface area (Å²) in [7, 11) is 0. The summed E-state index contributed by atoms with van der Waals surface area (Å²) < 4.78 is 11.0. The molecule has 7 rings (SSSR count). The molecule has 8 heteroatoms. The Bertz CT molecular complexity index is 1330. The van der Waals surface area contributed by atoms with Crippen LogP contribution in [0.2, 0.25) is 0 Å². The summed E-state index contributed by atoms with van der Waals surface area (Å²) in [5.41, 5.74) is 3.01. The van der Waals surface area contributed by atoms with E-state index in [2.05, 4.69) is 41.1 Å². The Balaban J connectivity index is 1.07. The topological polar surface area (TPSA) is 91.9 Å². The molecule has 5 aliphatic rings. The molecule has 1 amide bonds. The number of ether oxygens (including phenoxy) is 2. The summed E-state index contributed by atoms with van der Waals surface area (Å²) in [4.78, 5) is 46.8. The Labute approximate surface area is 249 Å². The van der Waals surface area contributed by atoms with Crippen LogP contribution in [-0.4, -0.2) is 70.5 Å². The second kappa shape index (κ2) is 11.0. The number of esters is 1. The Hall–Kier alpha value is -2.87. The summed E-state index contributed by atoms with van der Waals surface area (Å²) in [6.07, 6.45) is 8.65. The number of H-pyrrole nitrogens is 1. The zero-order valence-corrected chi connectivity index (χ0v) is 25.8. The zero-order chi connectivity index (χ0) is 29.7. The van der Waals surface area contributed by atoms with Gasteiger partial charge in [0.15, 0.2) is 12.4 Å². The van der Waals surface area contributed by atoms with Crippen LogP contribution in [-0.2, 0) is 24.5 Å². The SMILES string of the molecule is CCN1CCCC1c1cc2ccc(C34CCC(C(=O)COC(=O)C5CCCN5C(=O)OC(C)(C)C)(CC3)CC4)cc2[nH]1. The number of rotatable bonds is 7. The molecule has 42 heavy (non-hydrogen) atoms. The number of nitrogens with zero attached hydrogens (tertiary/aromatic N) is 2. The van der Waals surface area contributed by atoms with Crippen molar-refractivity contribution in [3.05, 3.63) is 35.5 Å². The van der Waals surface area contributed by atoms with Crippen molar-refractivity contribution in [2.45, 2.75) is 115 Å². The van der Waals surface area contributed by atoms with Crippen LogP contribution in [0.1, 0.15) is 109 Å². The fraction of sp³-hybridized carbons (Fsp3) is 0.676. The van der Waals surface area contributed by atoms with Gasteiger partial charge in [-0.2, -0.15) is 0 Å². The Morgan fingerprint density at radius 2 is 1.69 bits per heavy atom. The van der Waals surface area contributed by atoms with Gasteiger partial charge < -0.3 is 14.5 Å². The summed E-state index contributed by atoms with van der Waals surface area (Å²) in [6, 6.07) is 9.09. The first kappa shape index (κ1) is 29.2. The van der Waals surface area contributed by atoms with Crippen molar-refractivity contribution in [3.63, 3.8) is 0 Å². The van der Waals surface area contributed by atoms with Crippen molar-refractivity contribution in [2.24, 2.45) is 5.41 Å². The first-order valence-corrected chi connectivity index (χ1v) is 16.1. The highest BCUT2D eigenvalue weighted by Crippen LogP contribution is 2.58. The van der Waals surface area contributed by atoms with Crippen molar-refractivity contribution in [2.75, 3.05) is 26.2 Å². The molecule has 3 aliphatic carbocycles. The lowest BCUT2D eigenvalue weighted by molar-refractivity contribution is -0.157. The minimum Gasteiger partial charge on any atom is -0.456 e. The minimum atomic E-state index is -0.683. The molecule has 2 bridgehead atoms. The van der Waals surface area contributed by atoms with E-state index in [0.717, 1.165) is 45.1 Å². The van der Waals surface area contributed by atoms with E-state index in [1.807, 2.05) is 0 Å². The highest BCUT2D eigenvalue weighted by molar-refractivity contribution is 5.90. The maximum atomic E-state index is 13.5. The number of amides is 1. The van der Waals surface area contributed by atoms with E-state index in [1.165, 1.54) is 46.4 Å². The number of hydrogen-bond acceptors (Lipinski definition) is 6. The fourth-order valence-electron chi connectivity index (χ4n) is 8.19. The lowest BCUT2D eigenvalue weighted by Crippen LogP contribution is -2.49. The van der Waals surface area contributed by atoms with Crippen LogP contribution >= 0.6 is 0 Å². The molecule has 2 saturated heterocycles. The quantitative estimate of drug-likeness (QED) is 0.382. The Morgan fingerprint density at radius 3 is 2.38 bits per heavy atom. The van der Waals surface area contributed by atoms with E-state index in [4.69, 9.17) is 9.47 Å². The number of hydrogen-bond donors (Lipinski definition) is 1. The maximum absolute atomic E-state index is 13.5. The van der Waals surface area contributed by atoms with E-state index in [1.54, 1.807) is 20.8 Å². The molecule has 1 aromatic carbocycles. The average molecular weight is 578 g/mol. The number of aromatic amines is 1. The lowest BCUT2D eigenvalue weighted by Gasteiger charge is -2.53. The van der Waals surface area contributed by atoms with Crippen LogP contribution in [0.25, 0.3) is 10.9 Å². The summed E-state index contributed by atoms with van der Waals surface area (Å²) in [5, 5.41) is 1.28. The van der Waals surface area contributed by atoms with Crippen molar-refractivity contribution in [1.29, 1.82) is 0 Å². The van der Waals surface area contributed by atoms with E-state index in [0.29, 0.717) is 25.4 Å². The van der Waals surface area contributed by atoms with E-state index in [-0.39, 0.29) is 17.8 Å². The van der Waals surface area contributed by atoms with Gasteiger partial charge in [0.2, 0.25) is 0 Å². The average Bonchev–Trinajstić information content (AvgIpc) is 3.74. The Morgan fingerprint density at radius 1 is 0.976 bits per heavy atom. The molecule has 2 atom stereocenters. The zero-order valence-electron chi connectivity index (χ0n) is 25.8. The molecule has 8 nitrogen and oxygen atoms in total.